The fourth-order valence-corrected chi connectivity index (χ4v) is 8.66. The molecule has 13 nitrogen and oxygen atoms in total. The van der Waals surface area contributed by atoms with Crippen LogP contribution in [0.2, 0.25) is 5.02 Å². The maximum atomic E-state index is 15.0. The van der Waals surface area contributed by atoms with Gasteiger partial charge in [-0.3, -0.25) is 14.4 Å². The van der Waals surface area contributed by atoms with E-state index in [9.17, 15) is 9.59 Å². The first kappa shape index (κ1) is 37.0. The van der Waals surface area contributed by atoms with Gasteiger partial charge in [-0.15, -0.1) is 5.10 Å². The van der Waals surface area contributed by atoms with Crippen molar-refractivity contribution in [2.24, 2.45) is 11.3 Å². The Morgan fingerprint density at radius 2 is 1.87 bits per heavy atom. The summed E-state index contributed by atoms with van der Waals surface area (Å²) in [7, 11) is 3.13. The molecular weight excluding hydrogens is 702 g/mol. The predicted molar refractivity (Wildman–Crippen MR) is 194 cm³/mol. The molecule has 4 aliphatic rings. The highest BCUT2D eigenvalue weighted by Gasteiger charge is 2.51. The number of morpholine rings is 1. The average molecular weight is 750 g/mol. The molecule has 0 spiro atoms. The summed E-state index contributed by atoms with van der Waals surface area (Å²) in [5.41, 5.74) is 3.19. The zero-order chi connectivity index (χ0) is 37.1. The SMILES string of the molecule is COc1ccc(COC(=O)[C@@]2(C)CCCC[C@H]2C(=O)N2CCc3c(Cl)ccc(OCc4nnn5c4CCCC5)c3[C@H]2CN2CCOCC2=O)c(OC)c1. The van der Waals surface area contributed by atoms with E-state index in [1.807, 2.05) is 34.7 Å². The molecule has 1 saturated carbocycles. The van der Waals surface area contributed by atoms with Gasteiger partial charge in [0.05, 0.1) is 43.9 Å². The van der Waals surface area contributed by atoms with Crippen molar-refractivity contribution in [3.8, 4) is 17.2 Å². The third-order valence-corrected chi connectivity index (χ3v) is 11.8. The third-order valence-electron chi connectivity index (χ3n) is 11.5. The number of hydrogen-bond acceptors (Lipinski definition) is 10. The number of fused-ring (bicyclic) bond motifs is 2. The van der Waals surface area contributed by atoms with Crippen molar-refractivity contribution in [1.29, 1.82) is 0 Å². The molecule has 1 saturated heterocycles. The molecule has 0 unspecified atom stereocenters. The van der Waals surface area contributed by atoms with Gasteiger partial charge in [0.1, 0.15) is 42.8 Å². The summed E-state index contributed by atoms with van der Waals surface area (Å²) in [4.78, 5) is 45.8. The van der Waals surface area contributed by atoms with E-state index in [1.165, 1.54) is 0 Å². The molecule has 14 heteroatoms. The maximum absolute atomic E-state index is 15.0. The molecule has 2 aromatic carbocycles. The summed E-state index contributed by atoms with van der Waals surface area (Å²) in [6.07, 6.45) is 6.21. The standard InChI is InChI=1S/C39H48ClN5O8/c1-39(38(48)53-22-25-10-11-26(49-2)20-34(25)50-3)15-6-4-8-28(39)37(47)44-17-14-27-29(40)12-13-33(36(27)32(44)21-43-18-19-51-24-35(43)46)52-23-30-31-9-5-7-16-45(31)42-41-30/h10-13,20,28,32H,4-9,14-19,21-24H2,1-3H3/t28-,32+,39-/m0/s1. The maximum Gasteiger partial charge on any atom is 0.312 e. The fourth-order valence-electron chi connectivity index (χ4n) is 8.40. The van der Waals surface area contributed by atoms with Crippen LogP contribution in [0.25, 0.3) is 0 Å². The average Bonchev–Trinajstić information content (AvgIpc) is 3.60. The molecular formula is C39H48ClN5O8. The van der Waals surface area contributed by atoms with E-state index in [0.29, 0.717) is 66.8 Å². The summed E-state index contributed by atoms with van der Waals surface area (Å²) in [5.74, 6) is 0.436. The molecule has 2 amide bonds. The largest absolute Gasteiger partial charge is 0.497 e. The van der Waals surface area contributed by atoms with Crippen LogP contribution < -0.4 is 14.2 Å². The van der Waals surface area contributed by atoms with E-state index in [0.717, 1.165) is 61.2 Å². The van der Waals surface area contributed by atoms with E-state index in [4.69, 9.17) is 35.3 Å². The number of carbonyl (C=O) groups is 3. The minimum absolute atomic E-state index is 0.00394. The number of rotatable bonds is 11. The molecule has 3 atom stereocenters. The molecule has 0 bridgehead atoms. The van der Waals surface area contributed by atoms with Gasteiger partial charge < -0.3 is 33.5 Å². The van der Waals surface area contributed by atoms with Crippen molar-refractivity contribution in [2.75, 3.05) is 47.1 Å². The van der Waals surface area contributed by atoms with Crippen LogP contribution in [0.4, 0.5) is 0 Å². The third kappa shape index (κ3) is 7.42. The monoisotopic (exact) mass is 749 g/mol. The second-order valence-electron chi connectivity index (χ2n) is 14.5. The van der Waals surface area contributed by atoms with Gasteiger partial charge in [-0.2, -0.15) is 0 Å². The number of aromatic nitrogens is 3. The summed E-state index contributed by atoms with van der Waals surface area (Å²) < 4.78 is 30.7. The highest BCUT2D eigenvalue weighted by atomic mass is 35.5. The number of halogens is 1. The molecule has 3 aromatic rings. The van der Waals surface area contributed by atoms with Crippen molar-refractivity contribution in [3.05, 3.63) is 63.4 Å². The van der Waals surface area contributed by atoms with E-state index < -0.39 is 23.3 Å². The van der Waals surface area contributed by atoms with Crippen LogP contribution >= 0.6 is 11.6 Å². The molecule has 1 aliphatic carbocycles. The Morgan fingerprint density at radius 1 is 1.00 bits per heavy atom. The molecule has 53 heavy (non-hydrogen) atoms. The van der Waals surface area contributed by atoms with Crippen molar-refractivity contribution >= 4 is 29.4 Å². The molecule has 3 aliphatic heterocycles. The Balaban J connectivity index is 1.18. The Morgan fingerprint density at radius 3 is 2.68 bits per heavy atom. The van der Waals surface area contributed by atoms with Crippen LogP contribution in [0.1, 0.15) is 79.6 Å². The summed E-state index contributed by atoms with van der Waals surface area (Å²) in [6, 6.07) is 8.45. The number of benzene rings is 2. The molecule has 2 fully saturated rings. The molecule has 1 aromatic heterocycles. The Kier molecular flexibility index (Phi) is 11.1. The predicted octanol–water partition coefficient (Wildman–Crippen LogP) is 5.09. The lowest BCUT2D eigenvalue weighted by atomic mass is 9.66. The van der Waals surface area contributed by atoms with Crippen LogP contribution in [0.15, 0.2) is 30.3 Å². The first-order valence-corrected chi connectivity index (χ1v) is 19.0. The van der Waals surface area contributed by atoms with E-state index >= 15 is 4.79 Å². The van der Waals surface area contributed by atoms with Gasteiger partial charge in [0.15, 0.2) is 0 Å². The number of methoxy groups -OCH3 is 2. The van der Waals surface area contributed by atoms with Crippen molar-refractivity contribution in [3.63, 3.8) is 0 Å². The quantitative estimate of drug-likeness (QED) is 0.244. The normalized spacial score (nSPS) is 22.8. The summed E-state index contributed by atoms with van der Waals surface area (Å²) >= 11 is 6.87. The summed E-state index contributed by atoms with van der Waals surface area (Å²) in [5, 5.41) is 9.35. The molecule has 7 rings (SSSR count). The Bertz CT molecular complexity index is 1850. The van der Waals surface area contributed by atoms with Gasteiger partial charge in [-0.1, -0.05) is 29.7 Å². The zero-order valence-electron chi connectivity index (χ0n) is 30.7. The van der Waals surface area contributed by atoms with Gasteiger partial charge in [0.2, 0.25) is 11.8 Å². The number of aryl methyl sites for hydroxylation is 1. The Labute approximate surface area is 314 Å². The van der Waals surface area contributed by atoms with Crippen LogP contribution in [-0.2, 0) is 56.5 Å². The van der Waals surface area contributed by atoms with Gasteiger partial charge in [0, 0.05) is 48.4 Å². The first-order valence-electron chi connectivity index (χ1n) is 18.6. The molecule has 4 heterocycles. The van der Waals surface area contributed by atoms with Crippen molar-refractivity contribution in [1.82, 2.24) is 24.8 Å². The van der Waals surface area contributed by atoms with Crippen LogP contribution in [-0.4, -0.2) is 89.6 Å². The van der Waals surface area contributed by atoms with E-state index in [2.05, 4.69) is 10.3 Å². The number of hydrogen-bond donors (Lipinski definition) is 0. The highest BCUT2D eigenvalue weighted by molar-refractivity contribution is 6.31. The minimum atomic E-state index is -1.06. The zero-order valence-corrected chi connectivity index (χ0v) is 31.5. The Hall–Kier alpha value is -4.36. The lowest BCUT2D eigenvalue weighted by molar-refractivity contribution is -0.169. The topological polar surface area (TPSA) is 135 Å². The lowest BCUT2D eigenvalue weighted by Gasteiger charge is -2.46. The lowest BCUT2D eigenvalue weighted by Crippen LogP contribution is -2.54. The van der Waals surface area contributed by atoms with Crippen LogP contribution in [0.5, 0.6) is 17.2 Å². The number of esters is 1. The van der Waals surface area contributed by atoms with Gasteiger partial charge in [-0.05, 0) is 75.3 Å². The smallest absolute Gasteiger partial charge is 0.312 e. The number of carbonyl (C=O) groups excluding carboxylic acids is 3. The van der Waals surface area contributed by atoms with Gasteiger partial charge >= 0.3 is 5.97 Å². The molecule has 0 N–H and O–H groups in total. The first-order chi connectivity index (χ1) is 25.7. The number of ether oxygens (including phenoxy) is 5. The number of amides is 2. The van der Waals surface area contributed by atoms with E-state index in [-0.39, 0.29) is 38.2 Å². The van der Waals surface area contributed by atoms with Gasteiger partial charge in [0.25, 0.3) is 0 Å². The van der Waals surface area contributed by atoms with Crippen molar-refractivity contribution < 1.29 is 38.1 Å². The van der Waals surface area contributed by atoms with Crippen LogP contribution in [0, 0.1) is 11.3 Å². The van der Waals surface area contributed by atoms with Crippen molar-refractivity contribution in [2.45, 2.75) is 84.1 Å². The molecule has 0 radical (unpaired) electrons. The second-order valence-corrected chi connectivity index (χ2v) is 15.0. The number of nitrogens with zero attached hydrogens (tertiary/aromatic N) is 5. The van der Waals surface area contributed by atoms with Crippen LogP contribution in [0.3, 0.4) is 0 Å². The highest BCUT2D eigenvalue weighted by Crippen LogP contribution is 2.47. The van der Waals surface area contributed by atoms with Gasteiger partial charge in [-0.25, -0.2) is 4.68 Å². The fraction of sp³-hybridized carbons (Fsp3) is 0.564. The molecule has 284 valence electrons. The minimum Gasteiger partial charge on any atom is -0.497 e. The second kappa shape index (κ2) is 15.9. The van der Waals surface area contributed by atoms with E-state index in [1.54, 1.807) is 31.3 Å². The summed E-state index contributed by atoms with van der Waals surface area (Å²) in [6.45, 7) is 4.31.